The van der Waals surface area contributed by atoms with Gasteiger partial charge in [-0.2, -0.15) is 10.5 Å². The van der Waals surface area contributed by atoms with E-state index in [2.05, 4.69) is 150 Å². The molecule has 0 aliphatic rings. The molecule has 0 fully saturated rings. The first-order valence-electron chi connectivity index (χ1n) is 16.0. The zero-order valence-electron chi connectivity index (χ0n) is 26.1. The van der Waals surface area contributed by atoms with Gasteiger partial charge >= 0.3 is 0 Å². The summed E-state index contributed by atoms with van der Waals surface area (Å²) >= 11 is 0. The third-order valence-corrected chi connectivity index (χ3v) is 14.3. The second-order valence-corrected chi connectivity index (χ2v) is 15.7. The fraction of sp³-hybridized carbons (Fsp3) is 0. The number of nitriles is 2. The molecule has 48 heavy (non-hydrogen) atoms. The lowest BCUT2D eigenvalue weighted by Gasteiger charge is -2.35. The van der Waals surface area contributed by atoms with Crippen LogP contribution in [0.25, 0.3) is 38.6 Å². The van der Waals surface area contributed by atoms with E-state index in [1.54, 1.807) is 0 Å². The van der Waals surface area contributed by atoms with Crippen LogP contribution in [0.1, 0.15) is 11.1 Å². The van der Waals surface area contributed by atoms with Gasteiger partial charge in [-0.05, 0) is 51.1 Å². The number of benzene rings is 7. The molecule has 0 aliphatic carbocycles. The SMILES string of the molecule is N#Cc1cc([Si](c2ccccc2)(c2ccccc2)c2ccccc2)c(C#N)cc1-c1ccccc1-n1c2ccccc2c2ccccc21. The second-order valence-electron chi connectivity index (χ2n) is 11.9. The van der Waals surface area contributed by atoms with Crippen LogP contribution < -0.4 is 20.7 Å². The molecule has 4 heteroatoms. The number of hydrogen-bond donors (Lipinski definition) is 0. The highest BCUT2D eigenvalue weighted by Crippen LogP contribution is 2.37. The Bertz CT molecular complexity index is 2370. The van der Waals surface area contributed by atoms with Gasteiger partial charge in [0.2, 0.25) is 0 Å². The lowest BCUT2D eigenvalue weighted by Crippen LogP contribution is -2.75. The lowest BCUT2D eigenvalue weighted by atomic mass is 9.96. The van der Waals surface area contributed by atoms with Gasteiger partial charge in [0.05, 0.1) is 40.0 Å². The highest BCUT2D eigenvalue weighted by molar-refractivity contribution is 7.20. The van der Waals surface area contributed by atoms with Crippen molar-refractivity contribution < 1.29 is 0 Å². The molecule has 0 radical (unpaired) electrons. The van der Waals surface area contributed by atoms with Gasteiger partial charge in [0.1, 0.15) is 0 Å². The highest BCUT2D eigenvalue weighted by atomic mass is 28.3. The Morgan fingerprint density at radius 3 is 1.35 bits per heavy atom. The minimum atomic E-state index is -3.06. The van der Waals surface area contributed by atoms with Crippen LogP contribution >= 0.6 is 0 Å². The Morgan fingerprint density at radius 1 is 0.417 bits per heavy atom. The molecule has 0 spiro atoms. The van der Waals surface area contributed by atoms with Gasteiger partial charge in [0.25, 0.3) is 0 Å². The molecule has 0 saturated heterocycles. The Morgan fingerprint density at radius 2 is 0.854 bits per heavy atom. The predicted molar refractivity (Wildman–Crippen MR) is 199 cm³/mol. The van der Waals surface area contributed by atoms with Gasteiger partial charge in [-0.3, -0.25) is 0 Å². The van der Waals surface area contributed by atoms with Crippen LogP contribution in [-0.2, 0) is 0 Å². The van der Waals surface area contributed by atoms with Crippen LogP contribution in [0.4, 0.5) is 0 Å². The van der Waals surface area contributed by atoms with Gasteiger partial charge in [-0.15, -0.1) is 0 Å². The minimum absolute atomic E-state index is 0.539. The molecule has 3 nitrogen and oxygen atoms in total. The van der Waals surface area contributed by atoms with Crippen LogP contribution in [0.2, 0.25) is 0 Å². The molecule has 8 aromatic rings. The third-order valence-electron chi connectivity index (χ3n) is 9.44. The average molecular weight is 628 g/mol. The van der Waals surface area contributed by atoms with Crippen molar-refractivity contribution in [3.63, 3.8) is 0 Å². The van der Waals surface area contributed by atoms with Crippen molar-refractivity contribution in [1.29, 1.82) is 10.5 Å². The standard InChI is InChI=1S/C44H29N3Si/c45-30-32-29-44(48(34-16-4-1-5-17-34,35-18-6-2-7-19-35)36-20-8-3-9-21-36)33(31-46)28-40(32)39-24-12-15-27-43(39)47-41-25-13-10-22-37(41)38-23-11-14-26-42(38)47/h1-29H. The molecule has 0 unspecified atom stereocenters. The van der Waals surface area contributed by atoms with E-state index >= 15 is 0 Å². The molecule has 7 aromatic carbocycles. The average Bonchev–Trinajstić information content (AvgIpc) is 3.50. The van der Waals surface area contributed by atoms with Crippen molar-refractivity contribution in [3.05, 3.63) is 187 Å². The molecule has 0 atom stereocenters. The van der Waals surface area contributed by atoms with E-state index in [0.717, 1.165) is 48.6 Å². The quantitative estimate of drug-likeness (QED) is 0.141. The molecule has 0 N–H and O–H groups in total. The maximum Gasteiger partial charge on any atom is 0.181 e. The Hall–Kier alpha value is -6.46. The lowest BCUT2D eigenvalue weighted by molar-refractivity contribution is 1.18. The van der Waals surface area contributed by atoms with Crippen molar-refractivity contribution in [2.24, 2.45) is 0 Å². The van der Waals surface area contributed by atoms with Gasteiger partial charge in [0.15, 0.2) is 8.07 Å². The van der Waals surface area contributed by atoms with Gasteiger partial charge in [-0.25, -0.2) is 0 Å². The van der Waals surface area contributed by atoms with Crippen molar-refractivity contribution in [2.45, 2.75) is 0 Å². The fourth-order valence-corrected chi connectivity index (χ4v) is 12.3. The molecular formula is C44H29N3Si. The molecule has 224 valence electrons. The van der Waals surface area contributed by atoms with Crippen molar-refractivity contribution in [3.8, 4) is 29.0 Å². The van der Waals surface area contributed by atoms with E-state index in [1.165, 1.54) is 10.8 Å². The van der Waals surface area contributed by atoms with Crippen LogP contribution in [0, 0.1) is 22.7 Å². The minimum Gasteiger partial charge on any atom is -0.309 e. The zero-order valence-corrected chi connectivity index (χ0v) is 27.1. The van der Waals surface area contributed by atoms with Gasteiger partial charge in [0, 0.05) is 21.9 Å². The fourth-order valence-electron chi connectivity index (χ4n) is 7.43. The van der Waals surface area contributed by atoms with E-state index in [0.29, 0.717) is 11.1 Å². The monoisotopic (exact) mass is 627 g/mol. The van der Waals surface area contributed by atoms with Crippen LogP contribution in [0.15, 0.2) is 176 Å². The van der Waals surface area contributed by atoms with Crippen molar-refractivity contribution in [2.75, 3.05) is 0 Å². The Kier molecular flexibility index (Phi) is 7.27. The van der Waals surface area contributed by atoms with Crippen LogP contribution in [-0.4, -0.2) is 12.6 Å². The van der Waals surface area contributed by atoms with E-state index in [1.807, 2.05) is 42.5 Å². The highest BCUT2D eigenvalue weighted by Gasteiger charge is 2.43. The summed E-state index contributed by atoms with van der Waals surface area (Å²) in [7, 11) is -3.06. The summed E-state index contributed by atoms with van der Waals surface area (Å²) in [4.78, 5) is 0. The van der Waals surface area contributed by atoms with Gasteiger partial charge in [-0.1, -0.05) is 146 Å². The summed E-state index contributed by atoms with van der Waals surface area (Å²) in [6.07, 6.45) is 0. The first-order chi connectivity index (χ1) is 23.8. The number of fused-ring (bicyclic) bond motifs is 3. The predicted octanol–water partition coefficient (Wildman–Crippen LogP) is 7.57. The molecule has 8 rings (SSSR count). The summed E-state index contributed by atoms with van der Waals surface area (Å²) < 4.78 is 2.28. The first kappa shape index (κ1) is 29.0. The van der Waals surface area contributed by atoms with Crippen LogP contribution in [0.5, 0.6) is 0 Å². The summed E-state index contributed by atoms with van der Waals surface area (Å²) in [5, 5.41) is 28.6. The van der Waals surface area contributed by atoms with Crippen molar-refractivity contribution >= 4 is 50.6 Å². The maximum absolute atomic E-state index is 11.0. The molecule has 0 bridgehead atoms. The molecule has 1 heterocycles. The number of aromatic nitrogens is 1. The summed E-state index contributed by atoms with van der Waals surface area (Å²) in [6, 6.07) is 65.7. The molecular weight excluding hydrogens is 599 g/mol. The summed E-state index contributed by atoms with van der Waals surface area (Å²) in [5.74, 6) is 0. The van der Waals surface area contributed by atoms with E-state index in [4.69, 9.17) is 0 Å². The normalized spacial score (nSPS) is 11.3. The summed E-state index contributed by atoms with van der Waals surface area (Å²) in [5.41, 5.74) is 5.89. The van der Waals surface area contributed by atoms with E-state index < -0.39 is 8.07 Å². The van der Waals surface area contributed by atoms with Gasteiger partial charge < -0.3 is 4.57 Å². The van der Waals surface area contributed by atoms with Crippen LogP contribution in [0.3, 0.4) is 0 Å². The second kappa shape index (κ2) is 12.0. The van der Waals surface area contributed by atoms with E-state index in [-0.39, 0.29) is 0 Å². The molecule has 0 aliphatic heterocycles. The third kappa shape index (κ3) is 4.48. The molecule has 1 aromatic heterocycles. The van der Waals surface area contributed by atoms with Crippen molar-refractivity contribution in [1.82, 2.24) is 4.57 Å². The smallest absolute Gasteiger partial charge is 0.181 e. The Balaban J connectivity index is 1.45. The maximum atomic E-state index is 11.0. The largest absolute Gasteiger partial charge is 0.309 e. The summed E-state index contributed by atoms with van der Waals surface area (Å²) in [6.45, 7) is 0. The molecule has 0 saturated carbocycles. The zero-order chi connectivity index (χ0) is 32.5. The Labute approximate surface area is 280 Å². The van der Waals surface area contributed by atoms with E-state index in [9.17, 15) is 10.5 Å². The first-order valence-corrected chi connectivity index (χ1v) is 18.0. The molecule has 0 amide bonds. The number of rotatable bonds is 6. The number of nitrogens with zero attached hydrogens (tertiary/aromatic N) is 3. The topological polar surface area (TPSA) is 52.5 Å². The number of para-hydroxylation sites is 3. The number of hydrogen-bond acceptors (Lipinski definition) is 2.